The van der Waals surface area contributed by atoms with E-state index in [0.717, 1.165) is 16.7 Å². The van der Waals surface area contributed by atoms with Gasteiger partial charge < -0.3 is 10.2 Å². The van der Waals surface area contributed by atoms with Crippen molar-refractivity contribution in [3.05, 3.63) is 76.5 Å². The van der Waals surface area contributed by atoms with Gasteiger partial charge in [-0.15, -0.1) is 5.10 Å². The van der Waals surface area contributed by atoms with E-state index >= 15 is 0 Å². The number of amides is 2. The Kier molecular flexibility index (Phi) is 6.44. The van der Waals surface area contributed by atoms with E-state index in [0.29, 0.717) is 25.8 Å². The molecule has 3 N–H and O–H groups in total. The minimum Gasteiger partial charge on any atom is -0.353 e. The second kappa shape index (κ2) is 9.44. The van der Waals surface area contributed by atoms with Crippen molar-refractivity contribution in [1.82, 2.24) is 25.4 Å². The van der Waals surface area contributed by atoms with Gasteiger partial charge in [0, 0.05) is 19.1 Å². The lowest BCUT2D eigenvalue weighted by Crippen LogP contribution is -2.55. The number of aromatic amines is 2. The summed E-state index contributed by atoms with van der Waals surface area (Å²) in [5.74, 6) is -0.473. The molecule has 8 heteroatoms. The number of hydrogen-bond donors (Lipinski definition) is 3. The minimum atomic E-state index is -0.761. The van der Waals surface area contributed by atoms with E-state index in [9.17, 15) is 14.4 Å². The lowest BCUT2D eigenvalue weighted by Gasteiger charge is -2.42. The Morgan fingerprint density at radius 2 is 1.79 bits per heavy atom. The van der Waals surface area contributed by atoms with Crippen LogP contribution in [0.3, 0.4) is 0 Å². The molecule has 2 amide bonds. The predicted octanol–water partition coefficient (Wildman–Crippen LogP) is 2.75. The molecule has 3 aromatic rings. The lowest BCUT2D eigenvalue weighted by molar-refractivity contribution is -0.134. The first-order valence-corrected chi connectivity index (χ1v) is 11.3. The molecule has 0 radical (unpaired) electrons. The highest BCUT2D eigenvalue weighted by Crippen LogP contribution is 2.35. The standard InChI is InChI=1S/C25H29N5O3/c1-17(2)26-23(32)25(13-6-14-30(16-25)22(31)21-27-24(33)29-28-21)15-18-9-11-20(12-10-18)19-7-4-3-5-8-19/h3-5,7-12,17H,6,13-16H2,1-2H3,(H,26,32)(H2,27,28,29,33). The summed E-state index contributed by atoms with van der Waals surface area (Å²) >= 11 is 0. The molecule has 1 aromatic heterocycles. The zero-order valence-electron chi connectivity index (χ0n) is 18.9. The fourth-order valence-electron chi connectivity index (χ4n) is 4.49. The normalized spacial score (nSPS) is 18.3. The molecule has 0 aliphatic carbocycles. The monoisotopic (exact) mass is 447 g/mol. The lowest BCUT2D eigenvalue weighted by atomic mass is 9.74. The molecule has 0 bridgehead atoms. The highest BCUT2D eigenvalue weighted by atomic mass is 16.2. The van der Waals surface area contributed by atoms with Crippen LogP contribution in [-0.2, 0) is 11.2 Å². The molecule has 2 heterocycles. The van der Waals surface area contributed by atoms with Gasteiger partial charge in [-0.1, -0.05) is 54.6 Å². The maximum Gasteiger partial charge on any atom is 0.341 e. The Labute approximate surface area is 192 Å². The molecule has 172 valence electrons. The van der Waals surface area contributed by atoms with Crippen LogP contribution in [0.5, 0.6) is 0 Å². The van der Waals surface area contributed by atoms with Crippen molar-refractivity contribution < 1.29 is 9.59 Å². The molecule has 8 nitrogen and oxygen atoms in total. The van der Waals surface area contributed by atoms with Crippen LogP contribution in [0.2, 0.25) is 0 Å². The Hall–Kier alpha value is -3.68. The Bertz CT molecular complexity index is 1170. The first kappa shape index (κ1) is 22.5. The third-order valence-corrected chi connectivity index (χ3v) is 6.07. The first-order valence-electron chi connectivity index (χ1n) is 11.3. The highest BCUT2D eigenvalue weighted by molar-refractivity contribution is 5.91. The van der Waals surface area contributed by atoms with Crippen LogP contribution in [0.1, 0.15) is 42.9 Å². The third kappa shape index (κ3) is 5.05. The quantitative estimate of drug-likeness (QED) is 0.539. The van der Waals surface area contributed by atoms with E-state index in [-0.39, 0.29) is 30.2 Å². The van der Waals surface area contributed by atoms with Crippen molar-refractivity contribution in [3.8, 4) is 11.1 Å². The predicted molar refractivity (Wildman–Crippen MR) is 126 cm³/mol. The summed E-state index contributed by atoms with van der Waals surface area (Å²) in [5, 5.41) is 9.06. The summed E-state index contributed by atoms with van der Waals surface area (Å²) in [6.45, 7) is 4.64. The number of aromatic nitrogens is 3. The second-order valence-corrected chi connectivity index (χ2v) is 9.00. The number of rotatable bonds is 6. The highest BCUT2D eigenvalue weighted by Gasteiger charge is 2.44. The first-order chi connectivity index (χ1) is 15.9. The Morgan fingerprint density at radius 1 is 1.09 bits per heavy atom. The van der Waals surface area contributed by atoms with Crippen LogP contribution in [0.25, 0.3) is 11.1 Å². The fourth-order valence-corrected chi connectivity index (χ4v) is 4.49. The summed E-state index contributed by atoms with van der Waals surface area (Å²) in [4.78, 5) is 41.8. The maximum absolute atomic E-state index is 13.4. The van der Waals surface area contributed by atoms with E-state index in [1.165, 1.54) is 0 Å². The van der Waals surface area contributed by atoms with Crippen molar-refractivity contribution in [2.24, 2.45) is 5.41 Å². The molecule has 2 aromatic carbocycles. The molecule has 33 heavy (non-hydrogen) atoms. The van der Waals surface area contributed by atoms with Crippen molar-refractivity contribution in [2.75, 3.05) is 13.1 Å². The molecule has 1 aliphatic rings. The molecule has 1 fully saturated rings. The van der Waals surface area contributed by atoms with E-state index in [1.54, 1.807) is 4.90 Å². The van der Waals surface area contributed by atoms with Crippen LogP contribution in [0, 0.1) is 5.41 Å². The second-order valence-electron chi connectivity index (χ2n) is 9.00. The van der Waals surface area contributed by atoms with Gasteiger partial charge >= 0.3 is 5.69 Å². The molecular weight excluding hydrogens is 418 g/mol. The van der Waals surface area contributed by atoms with Gasteiger partial charge in [0.2, 0.25) is 11.7 Å². The van der Waals surface area contributed by atoms with Gasteiger partial charge in [0.15, 0.2) is 0 Å². The summed E-state index contributed by atoms with van der Waals surface area (Å²) in [7, 11) is 0. The van der Waals surface area contributed by atoms with Crippen molar-refractivity contribution in [2.45, 2.75) is 39.2 Å². The van der Waals surface area contributed by atoms with Gasteiger partial charge in [-0.25, -0.2) is 9.89 Å². The van der Waals surface area contributed by atoms with E-state index in [1.807, 2.05) is 32.0 Å². The van der Waals surface area contributed by atoms with Gasteiger partial charge in [0.25, 0.3) is 5.91 Å². The number of nitrogens with zero attached hydrogens (tertiary/aromatic N) is 2. The fraction of sp³-hybridized carbons (Fsp3) is 0.360. The Balaban J connectivity index is 1.59. The number of piperidine rings is 1. The SMILES string of the molecule is CC(C)NC(=O)C1(Cc2ccc(-c3ccccc3)cc2)CCCN(C(=O)c2n[nH]c(=O)[nH]2)C1. The summed E-state index contributed by atoms with van der Waals surface area (Å²) in [6, 6.07) is 18.4. The zero-order valence-corrected chi connectivity index (χ0v) is 18.9. The maximum atomic E-state index is 13.4. The van der Waals surface area contributed by atoms with E-state index < -0.39 is 11.1 Å². The van der Waals surface area contributed by atoms with Gasteiger partial charge in [-0.05, 0) is 49.8 Å². The molecular formula is C25H29N5O3. The minimum absolute atomic E-state index is 0.0106. The zero-order chi connectivity index (χ0) is 23.4. The topological polar surface area (TPSA) is 111 Å². The molecule has 0 saturated carbocycles. The number of hydrogen-bond acceptors (Lipinski definition) is 4. The third-order valence-electron chi connectivity index (χ3n) is 6.07. The van der Waals surface area contributed by atoms with Gasteiger partial charge in [-0.3, -0.25) is 14.6 Å². The molecule has 0 spiro atoms. The molecule has 1 aliphatic heterocycles. The van der Waals surface area contributed by atoms with Gasteiger partial charge in [0.05, 0.1) is 5.41 Å². The number of H-pyrrole nitrogens is 2. The van der Waals surface area contributed by atoms with Crippen LogP contribution in [0.15, 0.2) is 59.4 Å². The number of benzene rings is 2. The number of carbonyl (C=O) groups is 2. The van der Waals surface area contributed by atoms with Crippen molar-refractivity contribution >= 4 is 11.8 Å². The largest absolute Gasteiger partial charge is 0.353 e. The average molecular weight is 448 g/mol. The van der Waals surface area contributed by atoms with Crippen LogP contribution >= 0.6 is 0 Å². The van der Waals surface area contributed by atoms with Crippen LogP contribution in [0.4, 0.5) is 0 Å². The molecule has 1 unspecified atom stereocenters. The van der Waals surface area contributed by atoms with Crippen LogP contribution in [-0.4, -0.2) is 51.0 Å². The number of carbonyl (C=O) groups excluding carboxylic acids is 2. The van der Waals surface area contributed by atoms with E-state index in [4.69, 9.17) is 0 Å². The molecule has 1 saturated heterocycles. The number of likely N-dealkylation sites (tertiary alicyclic amines) is 1. The van der Waals surface area contributed by atoms with Crippen molar-refractivity contribution in [3.63, 3.8) is 0 Å². The van der Waals surface area contributed by atoms with Crippen LogP contribution < -0.4 is 11.0 Å². The van der Waals surface area contributed by atoms with E-state index in [2.05, 4.69) is 56.9 Å². The summed E-state index contributed by atoms with van der Waals surface area (Å²) < 4.78 is 0. The molecule has 1 atom stereocenters. The van der Waals surface area contributed by atoms with Gasteiger partial charge in [-0.2, -0.15) is 0 Å². The Morgan fingerprint density at radius 3 is 2.42 bits per heavy atom. The van der Waals surface area contributed by atoms with Gasteiger partial charge in [0.1, 0.15) is 0 Å². The number of nitrogens with one attached hydrogen (secondary N) is 3. The summed E-state index contributed by atoms with van der Waals surface area (Å²) in [6.07, 6.45) is 1.88. The molecule has 4 rings (SSSR count). The smallest absolute Gasteiger partial charge is 0.341 e. The average Bonchev–Trinajstić information content (AvgIpc) is 3.25. The summed E-state index contributed by atoms with van der Waals surface area (Å²) in [5.41, 5.74) is 2.00. The van der Waals surface area contributed by atoms with Crippen molar-refractivity contribution in [1.29, 1.82) is 0 Å².